The third-order valence-electron chi connectivity index (χ3n) is 3.07. The summed E-state index contributed by atoms with van der Waals surface area (Å²) in [6.45, 7) is 4.64. The van der Waals surface area contributed by atoms with Crippen LogP contribution in [0.25, 0.3) is 0 Å². The summed E-state index contributed by atoms with van der Waals surface area (Å²) in [5.74, 6) is 1.39. The van der Waals surface area contributed by atoms with Crippen molar-refractivity contribution in [3.63, 3.8) is 0 Å². The fraction of sp³-hybridized carbons (Fsp3) is 0.294. The normalized spacial score (nSPS) is 12.2. The third kappa shape index (κ3) is 3.78. The molecule has 0 fully saturated rings. The Kier molecular flexibility index (Phi) is 5.50. The smallest absolute Gasteiger partial charge is 0.125 e. The Morgan fingerprint density at radius 3 is 2.55 bits per heavy atom. The van der Waals surface area contributed by atoms with Gasteiger partial charge in [-0.2, -0.15) is 0 Å². The van der Waals surface area contributed by atoms with E-state index in [9.17, 15) is 5.11 Å². The lowest BCUT2D eigenvalue weighted by Crippen LogP contribution is -2.04. The average Bonchev–Trinajstić information content (AvgIpc) is 2.47. The Labute approximate surface area is 124 Å². The molecule has 0 aliphatic rings. The van der Waals surface area contributed by atoms with Crippen LogP contribution < -0.4 is 4.74 Å². The Balaban J connectivity index is 2.05. The molecule has 1 unspecified atom stereocenters. The minimum absolute atomic E-state index is 0.526. The Hall–Kier alpha value is -1.45. The average molecular weight is 288 g/mol. The van der Waals surface area contributed by atoms with Gasteiger partial charge in [-0.15, -0.1) is 11.8 Å². The SMILES string of the molecule is CCOc1ccccc1C(O)CSc1ccccc1C. The van der Waals surface area contributed by atoms with E-state index in [1.54, 1.807) is 11.8 Å². The minimum Gasteiger partial charge on any atom is -0.493 e. The highest BCUT2D eigenvalue weighted by molar-refractivity contribution is 7.99. The van der Waals surface area contributed by atoms with Gasteiger partial charge in [0.05, 0.1) is 12.7 Å². The fourth-order valence-electron chi connectivity index (χ4n) is 2.02. The van der Waals surface area contributed by atoms with Gasteiger partial charge in [0.1, 0.15) is 5.75 Å². The molecule has 2 rings (SSSR count). The van der Waals surface area contributed by atoms with E-state index in [1.807, 2.05) is 43.3 Å². The zero-order chi connectivity index (χ0) is 14.4. The summed E-state index contributed by atoms with van der Waals surface area (Å²) in [6, 6.07) is 15.9. The van der Waals surface area contributed by atoms with Crippen LogP contribution in [-0.4, -0.2) is 17.5 Å². The summed E-state index contributed by atoms with van der Waals surface area (Å²) in [7, 11) is 0. The number of benzene rings is 2. The van der Waals surface area contributed by atoms with E-state index in [-0.39, 0.29) is 0 Å². The molecule has 0 saturated carbocycles. The highest BCUT2D eigenvalue weighted by Gasteiger charge is 2.13. The molecule has 106 valence electrons. The maximum Gasteiger partial charge on any atom is 0.125 e. The molecule has 1 atom stereocenters. The molecule has 0 aliphatic carbocycles. The molecule has 0 amide bonds. The summed E-state index contributed by atoms with van der Waals surface area (Å²) < 4.78 is 5.56. The number of aryl methyl sites for hydroxylation is 1. The summed E-state index contributed by atoms with van der Waals surface area (Å²) in [5, 5.41) is 10.4. The number of hydrogen-bond donors (Lipinski definition) is 1. The molecular formula is C17H20O2S. The van der Waals surface area contributed by atoms with E-state index in [0.717, 1.165) is 11.3 Å². The highest BCUT2D eigenvalue weighted by Crippen LogP contribution is 2.31. The van der Waals surface area contributed by atoms with Crippen molar-refractivity contribution in [2.75, 3.05) is 12.4 Å². The van der Waals surface area contributed by atoms with Crippen LogP contribution in [0.1, 0.15) is 24.2 Å². The summed E-state index contributed by atoms with van der Waals surface area (Å²) in [5.41, 5.74) is 2.10. The van der Waals surface area contributed by atoms with Crippen molar-refractivity contribution in [3.05, 3.63) is 59.7 Å². The first-order valence-electron chi connectivity index (χ1n) is 6.80. The fourth-order valence-corrected chi connectivity index (χ4v) is 3.01. The van der Waals surface area contributed by atoms with E-state index in [0.29, 0.717) is 12.4 Å². The molecule has 0 saturated heterocycles. The second-order valence-electron chi connectivity index (χ2n) is 4.56. The monoisotopic (exact) mass is 288 g/mol. The Morgan fingerprint density at radius 1 is 1.10 bits per heavy atom. The number of aliphatic hydroxyl groups excluding tert-OH is 1. The second kappa shape index (κ2) is 7.36. The van der Waals surface area contributed by atoms with Crippen molar-refractivity contribution in [1.29, 1.82) is 0 Å². The zero-order valence-electron chi connectivity index (χ0n) is 11.9. The van der Waals surface area contributed by atoms with Gasteiger partial charge in [-0.05, 0) is 31.5 Å². The minimum atomic E-state index is -0.526. The van der Waals surface area contributed by atoms with E-state index < -0.39 is 6.10 Å². The predicted molar refractivity (Wildman–Crippen MR) is 84.5 cm³/mol. The van der Waals surface area contributed by atoms with Gasteiger partial charge in [-0.3, -0.25) is 0 Å². The molecule has 1 N–H and O–H groups in total. The molecule has 0 spiro atoms. The molecule has 20 heavy (non-hydrogen) atoms. The lowest BCUT2D eigenvalue weighted by molar-refractivity contribution is 0.196. The van der Waals surface area contributed by atoms with Gasteiger partial charge in [0, 0.05) is 16.2 Å². The van der Waals surface area contributed by atoms with Gasteiger partial charge in [0.2, 0.25) is 0 Å². The maximum atomic E-state index is 10.4. The van der Waals surface area contributed by atoms with Crippen LogP contribution >= 0.6 is 11.8 Å². The lowest BCUT2D eigenvalue weighted by Gasteiger charge is -2.15. The summed E-state index contributed by atoms with van der Waals surface area (Å²) in [4.78, 5) is 1.21. The molecule has 0 bridgehead atoms. The van der Waals surface area contributed by atoms with Crippen LogP contribution in [0.5, 0.6) is 5.75 Å². The zero-order valence-corrected chi connectivity index (χ0v) is 12.7. The van der Waals surface area contributed by atoms with Crippen molar-refractivity contribution in [2.24, 2.45) is 0 Å². The first kappa shape index (κ1) is 14.9. The molecule has 3 heteroatoms. The molecule has 0 radical (unpaired) electrons. The molecule has 2 aromatic carbocycles. The lowest BCUT2D eigenvalue weighted by atomic mass is 10.1. The molecule has 2 aromatic rings. The number of rotatable bonds is 6. The van der Waals surface area contributed by atoms with E-state index >= 15 is 0 Å². The van der Waals surface area contributed by atoms with E-state index in [4.69, 9.17) is 4.74 Å². The van der Waals surface area contributed by atoms with Gasteiger partial charge >= 0.3 is 0 Å². The summed E-state index contributed by atoms with van der Waals surface area (Å²) in [6.07, 6.45) is -0.526. The second-order valence-corrected chi connectivity index (χ2v) is 5.62. The van der Waals surface area contributed by atoms with Gasteiger partial charge in [0.25, 0.3) is 0 Å². The van der Waals surface area contributed by atoms with Crippen molar-refractivity contribution in [3.8, 4) is 5.75 Å². The van der Waals surface area contributed by atoms with Gasteiger partial charge in [0.15, 0.2) is 0 Å². The molecular weight excluding hydrogens is 268 g/mol. The van der Waals surface area contributed by atoms with E-state index in [1.165, 1.54) is 10.5 Å². The molecule has 2 nitrogen and oxygen atoms in total. The first-order valence-corrected chi connectivity index (χ1v) is 7.79. The first-order chi connectivity index (χ1) is 9.72. The van der Waals surface area contributed by atoms with Crippen LogP contribution in [-0.2, 0) is 0 Å². The number of ether oxygens (including phenoxy) is 1. The van der Waals surface area contributed by atoms with Crippen molar-refractivity contribution < 1.29 is 9.84 Å². The van der Waals surface area contributed by atoms with Crippen LogP contribution in [0.4, 0.5) is 0 Å². The third-order valence-corrected chi connectivity index (χ3v) is 4.32. The van der Waals surface area contributed by atoms with Gasteiger partial charge < -0.3 is 9.84 Å². The van der Waals surface area contributed by atoms with Gasteiger partial charge in [-0.25, -0.2) is 0 Å². The quantitative estimate of drug-likeness (QED) is 0.807. The standard InChI is InChI=1S/C17H20O2S/c1-3-19-16-10-6-5-9-14(16)15(18)12-20-17-11-7-4-8-13(17)2/h4-11,15,18H,3,12H2,1-2H3. The van der Waals surface area contributed by atoms with Gasteiger partial charge in [-0.1, -0.05) is 36.4 Å². The molecule has 0 heterocycles. The maximum absolute atomic E-state index is 10.4. The number of hydrogen-bond acceptors (Lipinski definition) is 3. The van der Waals surface area contributed by atoms with Crippen molar-refractivity contribution >= 4 is 11.8 Å². The molecule has 0 aliphatic heterocycles. The number of para-hydroxylation sites is 1. The Bertz CT molecular complexity index is 554. The number of thioether (sulfide) groups is 1. The van der Waals surface area contributed by atoms with Crippen LogP contribution in [0.3, 0.4) is 0 Å². The topological polar surface area (TPSA) is 29.5 Å². The molecule has 0 aromatic heterocycles. The van der Waals surface area contributed by atoms with E-state index in [2.05, 4.69) is 19.1 Å². The largest absolute Gasteiger partial charge is 0.493 e. The van der Waals surface area contributed by atoms with Crippen LogP contribution in [0.15, 0.2) is 53.4 Å². The Morgan fingerprint density at radius 2 is 1.80 bits per heavy atom. The predicted octanol–water partition coefficient (Wildman–Crippen LogP) is 4.22. The number of aliphatic hydroxyl groups is 1. The van der Waals surface area contributed by atoms with Crippen molar-refractivity contribution in [2.45, 2.75) is 24.8 Å². The highest BCUT2D eigenvalue weighted by atomic mass is 32.2. The van der Waals surface area contributed by atoms with Crippen LogP contribution in [0.2, 0.25) is 0 Å². The van der Waals surface area contributed by atoms with Crippen LogP contribution in [0, 0.1) is 6.92 Å². The van der Waals surface area contributed by atoms with Crippen molar-refractivity contribution in [1.82, 2.24) is 0 Å². The summed E-state index contributed by atoms with van der Waals surface area (Å²) >= 11 is 1.67.